The van der Waals surface area contributed by atoms with E-state index in [2.05, 4.69) is 51.7 Å². The van der Waals surface area contributed by atoms with Gasteiger partial charge in [-0.15, -0.1) is 0 Å². The van der Waals surface area contributed by atoms with Gasteiger partial charge in [0, 0.05) is 44.8 Å². The van der Waals surface area contributed by atoms with Gasteiger partial charge in [0.2, 0.25) is 11.8 Å². The lowest BCUT2D eigenvalue weighted by molar-refractivity contribution is -0.135. The smallest absolute Gasteiger partial charge is 0.329 e. The van der Waals surface area contributed by atoms with Gasteiger partial charge in [-0.1, -0.05) is 18.2 Å². The van der Waals surface area contributed by atoms with Crippen molar-refractivity contribution in [2.45, 2.75) is 44.2 Å². The monoisotopic (exact) mass is 530 g/mol. The number of rotatable bonds is 6. The minimum atomic E-state index is -0.673. The van der Waals surface area contributed by atoms with Gasteiger partial charge in [0.05, 0.1) is 11.0 Å². The molecule has 0 saturated carbocycles. The molecular weight excluding hydrogens is 492 g/mol. The van der Waals surface area contributed by atoms with Crippen LogP contribution < -0.4 is 21.2 Å². The van der Waals surface area contributed by atoms with Gasteiger partial charge in [0.1, 0.15) is 6.04 Å². The summed E-state index contributed by atoms with van der Waals surface area (Å²) >= 11 is 0. The fourth-order valence-electron chi connectivity index (χ4n) is 6.66. The van der Waals surface area contributed by atoms with Crippen molar-refractivity contribution in [1.82, 2.24) is 24.7 Å². The Morgan fingerprint density at radius 3 is 2.41 bits per heavy atom. The molecule has 4 heterocycles. The van der Waals surface area contributed by atoms with Crippen molar-refractivity contribution in [1.29, 1.82) is 0 Å². The number of imidazole rings is 1. The Labute approximate surface area is 228 Å². The molecule has 3 aliphatic rings. The number of hydrogen-bond acceptors (Lipinski definition) is 6. The normalized spacial score (nSPS) is 22.7. The number of imide groups is 1. The molecule has 3 aliphatic heterocycles. The van der Waals surface area contributed by atoms with Crippen LogP contribution in [0.5, 0.6) is 0 Å². The first-order chi connectivity index (χ1) is 18.9. The first kappa shape index (κ1) is 25.8. The van der Waals surface area contributed by atoms with Crippen molar-refractivity contribution in [2.24, 2.45) is 13.0 Å². The summed E-state index contributed by atoms with van der Waals surface area (Å²) in [6, 6.07) is 14.7. The number of hydrogen-bond donors (Lipinski definition) is 2. The summed E-state index contributed by atoms with van der Waals surface area (Å²) < 4.78 is 3.11. The van der Waals surface area contributed by atoms with Crippen molar-refractivity contribution < 1.29 is 9.59 Å². The van der Waals surface area contributed by atoms with Gasteiger partial charge in [-0.2, -0.15) is 0 Å². The van der Waals surface area contributed by atoms with E-state index < -0.39 is 11.9 Å². The highest BCUT2D eigenvalue weighted by Gasteiger charge is 2.31. The van der Waals surface area contributed by atoms with Crippen LogP contribution in [-0.4, -0.2) is 71.7 Å². The maximum Gasteiger partial charge on any atom is 0.329 e. The molecule has 0 bridgehead atoms. The molecule has 1 unspecified atom stereocenters. The fraction of sp³-hybridized carbons (Fsp3) is 0.500. The first-order valence-corrected chi connectivity index (χ1v) is 14.2. The lowest BCUT2D eigenvalue weighted by Crippen LogP contribution is -2.44. The highest BCUT2D eigenvalue weighted by Crippen LogP contribution is 2.30. The Hall–Kier alpha value is -3.43. The SMILES string of the molecule is CN(C[C@H]1CCN(c2ccc(-c3ccc4c(c3)n(C)c(=O)n4C3CCC(=O)NC3=O)cc2)C1)C1CCNCC1. The van der Waals surface area contributed by atoms with Crippen molar-refractivity contribution in [3.63, 3.8) is 0 Å². The van der Waals surface area contributed by atoms with Gasteiger partial charge in [-0.05, 0) is 87.1 Å². The van der Waals surface area contributed by atoms with Crippen molar-refractivity contribution in [3.05, 3.63) is 52.9 Å². The maximum absolute atomic E-state index is 13.1. The zero-order valence-electron chi connectivity index (χ0n) is 22.9. The molecule has 9 nitrogen and oxygen atoms in total. The standard InChI is InChI=1S/C30H38N6O3/c1-33(23-11-14-31-15-12-23)18-20-13-16-35(19-20)24-6-3-21(4-7-24)22-5-8-25-27(17-22)34(2)30(39)36(25)26-9-10-28(37)32-29(26)38/h3-8,17,20,23,26,31H,9-16,18-19H2,1-2H3,(H,32,37,38)/t20-,26?/m1/s1. The van der Waals surface area contributed by atoms with Gasteiger partial charge in [0.15, 0.2) is 0 Å². The van der Waals surface area contributed by atoms with E-state index in [0.29, 0.717) is 23.9 Å². The number of anilines is 1. The molecule has 1 aromatic heterocycles. The zero-order chi connectivity index (χ0) is 27.1. The molecule has 3 aromatic rings. The van der Waals surface area contributed by atoms with E-state index >= 15 is 0 Å². The summed E-state index contributed by atoms with van der Waals surface area (Å²) in [4.78, 5) is 42.2. The second kappa shape index (κ2) is 10.6. The van der Waals surface area contributed by atoms with Crippen molar-refractivity contribution in [3.8, 4) is 11.1 Å². The van der Waals surface area contributed by atoms with E-state index in [1.54, 1.807) is 11.6 Å². The quantitative estimate of drug-likeness (QED) is 0.476. The number of aryl methyl sites for hydroxylation is 1. The minimum Gasteiger partial charge on any atom is -0.371 e. The van der Waals surface area contributed by atoms with Gasteiger partial charge >= 0.3 is 5.69 Å². The number of amides is 2. The second-order valence-electron chi connectivity index (χ2n) is 11.5. The average Bonchev–Trinajstić information content (AvgIpc) is 3.51. The number of piperidine rings is 2. The highest BCUT2D eigenvalue weighted by atomic mass is 16.2. The molecule has 3 saturated heterocycles. The molecule has 3 fully saturated rings. The molecule has 9 heteroatoms. The Morgan fingerprint density at radius 1 is 0.923 bits per heavy atom. The first-order valence-electron chi connectivity index (χ1n) is 14.2. The Bertz CT molecular complexity index is 1440. The van der Waals surface area contributed by atoms with Crippen LogP contribution in [0, 0.1) is 5.92 Å². The van der Waals surface area contributed by atoms with Gasteiger partial charge in [-0.25, -0.2) is 4.79 Å². The molecule has 6 rings (SSSR count). The molecule has 2 amide bonds. The minimum absolute atomic E-state index is 0.233. The number of fused-ring (bicyclic) bond motifs is 1. The third-order valence-electron chi connectivity index (χ3n) is 8.94. The summed E-state index contributed by atoms with van der Waals surface area (Å²) in [5, 5.41) is 5.83. The third-order valence-corrected chi connectivity index (χ3v) is 8.94. The Morgan fingerprint density at radius 2 is 1.67 bits per heavy atom. The van der Waals surface area contributed by atoms with Crippen LogP contribution in [0.1, 0.15) is 38.1 Å². The second-order valence-corrected chi connectivity index (χ2v) is 11.5. The largest absolute Gasteiger partial charge is 0.371 e. The van der Waals surface area contributed by atoms with Crippen molar-refractivity contribution >= 4 is 28.5 Å². The van der Waals surface area contributed by atoms with E-state index in [1.165, 1.54) is 29.5 Å². The van der Waals surface area contributed by atoms with Crippen LogP contribution in [0.25, 0.3) is 22.2 Å². The number of aromatic nitrogens is 2. The van der Waals surface area contributed by atoms with Gasteiger partial charge in [0.25, 0.3) is 0 Å². The molecule has 0 radical (unpaired) electrons. The molecular formula is C30H38N6O3. The molecule has 39 heavy (non-hydrogen) atoms. The van der Waals surface area contributed by atoms with Crippen LogP contribution in [0.15, 0.2) is 47.3 Å². The topological polar surface area (TPSA) is 91.6 Å². The molecule has 2 atom stereocenters. The number of carbonyl (C=O) groups is 2. The zero-order valence-corrected chi connectivity index (χ0v) is 22.9. The van der Waals surface area contributed by atoms with Crippen LogP contribution in [0.3, 0.4) is 0 Å². The van der Waals surface area contributed by atoms with E-state index in [0.717, 1.165) is 49.4 Å². The Balaban J connectivity index is 1.16. The predicted octanol–water partition coefficient (Wildman–Crippen LogP) is 2.49. The van der Waals surface area contributed by atoms with E-state index in [1.807, 2.05) is 18.2 Å². The maximum atomic E-state index is 13.1. The lowest BCUT2D eigenvalue weighted by Gasteiger charge is -2.33. The van der Waals surface area contributed by atoms with Crippen molar-refractivity contribution in [2.75, 3.05) is 44.7 Å². The molecule has 2 aromatic carbocycles. The molecule has 2 N–H and O–H groups in total. The number of carbonyl (C=O) groups excluding carboxylic acids is 2. The summed E-state index contributed by atoms with van der Waals surface area (Å²) in [6.45, 7) is 5.61. The van der Waals surface area contributed by atoms with E-state index in [4.69, 9.17) is 0 Å². The summed E-state index contributed by atoms with van der Waals surface area (Å²) in [7, 11) is 4.02. The molecule has 206 valence electrons. The fourth-order valence-corrected chi connectivity index (χ4v) is 6.66. The lowest BCUT2D eigenvalue weighted by atomic mass is 10.0. The average molecular weight is 531 g/mol. The Kier molecular flexibility index (Phi) is 7.03. The highest BCUT2D eigenvalue weighted by molar-refractivity contribution is 6.00. The predicted molar refractivity (Wildman–Crippen MR) is 153 cm³/mol. The van der Waals surface area contributed by atoms with Crippen LogP contribution in [-0.2, 0) is 16.6 Å². The van der Waals surface area contributed by atoms with E-state index in [-0.39, 0.29) is 18.0 Å². The number of benzene rings is 2. The molecule has 0 aliphatic carbocycles. The summed E-state index contributed by atoms with van der Waals surface area (Å²) in [5.41, 5.74) is 4.59. The van der Waals surface area contributed by atoms with E-state index in [9.17, 15) is 14.4 Å². The third kappa shape index (κ3) is 5.01. The van der Waals surface area contributed by atoms with Crippen LogP contribution in [0.2, 0.25) is 0 Å². The van der Waals surface area contributed by atoms with Crippen LogP contribution >= 0.6 is 0 Å². The molecule has 0 spiro atoms. The van der Waals surface area contributed by atoms with Gasteiger partial charge in [-0.3, -0.25) is 24.0 Å². The van der Waals surface area contributed by atoms with Gasteiger partial charge < -0.3 is 15.1 Å². The number of nitrogens with zero attached hydrogens (tertiary/aromatic N) is 4. The summed E-state index contributed by atoms with van der Waals surface area (Å²) in [6.07, 6.45) is 4.28. The number of nitrogens with one attached hydrogen (secondary N) is 2. The van der Waals surface area contributed by atoms with Crippen LogP contribution in [0.4, 0.5) is 5.69 Å². The summed E-state index contributed by atoms with van der Waals surface area (Å²) in [5.74, 6) is -0.00599.